The Labute approximate surface area is 109 Å². The fraction of sp³-hybridized carbons (Fsp3) is 0.933. The smallest absolute Gasteiger partial charge is 0.225 e. The Hall–Kier alpha value is -0.530. The summed E-state index contributed by atoms with van der Waals surface area (Å²) in [6.07, 6.45) is 9.00. The van der Waals surface area contributed by atoms with Crippen LogP contribution in [-0.4, -0.2) is 12.5 Å². The molecule has 17 heavy (non-hydrogen) atoms. The molecule has 0 aromatic rings. The fourth-order valence-corrected chi connectivity index (χ4v) is 1.49. The van der Waals surface area contributed by atoms with Gasteiger partial charge in [-0.2, -0.15) is 0 Å². The van der Waals surface area contributed by atoms with Crippen molar-refractivity contribution in [2.75, 3.05) is 6.54 Å². The summed E-state index contributed by atoms with van der Waals surface area (Å²) in [5, 5.41) is 2.75. The molecule has 0 bridgehead atoms. The van der Waals surface area contributed by atoms with Gasteiger partial charge in [0.25, 0.3) is 0 Å². The second-order valence-electron chi connectivity index (χ2n) is 5.23. The third kappa shape index (κ3) is 13.4. The Balaban J connectivity index is 0. The lowest BCUT2D eigenvalue weighted by Gasteiger charge is -2.16. The van der Waals surface area contributed by atoms with Crippen molar-refractivity contribution < 1.29 is 4.79 Å². The topological polar surface area (TPSA) is 29.1 Å². The lowest BCUT2D eigenvalue weighted by molar-refractivity contribution is -0.128. The first-order valence-corrected chi connectivity index (χ1v) is 7.26. The average Bonchev–Trinajstić information content (AvgIpc) is 2.34. The number of carbonyl (C=O) groups excluding carboxylic acids is 1. The number of hydrogen-bond acceptors (Lipinski definition) is 1. The van der Waals surface area contributed by atoms with E-state index in [1.807, 2.05) is 41.5 Å². The Morgan fingerprint density at radius 1 is 0.941 bits per heavy atom. The van der Waals surface area contributed by atoms with Gasteiger partial charge in [-0.25, -0.2) is 0 Å². The van der Waals surface area contributed by atoms with Crippen LogP contribution in [0.5, 0.6) is 0 Å². The lowest BCUT2D eigenvalue weighted by Crippen LogP contribution is -2.34. The van der Waals surface area contributed by atoms with Crippen molar-refractivity contribution in [1.29, 1.82) is 0 Å². The minimum Gasteiger partial charge on any atom is -0.356 e. The number of nitrogens with one attached hydrogen (secondary N) is 1. The molecule has 0 aliphatic heterocycles. The predicted molar refractivity (Wildman–Crippen MR) is 77.2 cm³/mol. The molecular weight excluding hydrogens is 210 g/mol. The highest BCUT2D eigenvalue weighted by molar-refractivity contribution is 5.81. The molecule has 104 valence electrons. The Bertz CT molecular complexity index is 155. The van der Waals surface area contributed by atoms with Gasteiger partial charge in [0.05, 0.1) is 0 Å². The van der Waals surface area contributed by atoms with Gasteiger partial charge in [0, 0.05) is 12.0 Å². The van der Waals surface area contributed by atoms with E-state index in [4.69, 9.17) is 0 Å². The molecule has 0 unspecified atom stereocenters. The summed E-state index contributed by atoms with van der Waals surface area (Å²) in [5.74, 6) is 0.116. The molecule has 2 heteroatoms. The van der Waals surface area contributed by atoms with Crippen molar-refractivity contribution in [3.05, 3.63) is 0 Å². The van der Waals surface area contributed by atoms with Crippen molar-refractivity contribution in [2.24, 2.45) is 5.41 Å². The summed E-state index contributed by atoms with van der Waals surface area (Å²) >= 11 is 0. The van der Waals surface area contributed by atoms with Crippen molar-refractivity contribution >= 4 is 5.91 Å². The van der Waals surface area contributed by atoms with Gasteiger partial charge < -0.3 is 5.32 Å². The molecule has 1 amide bonds. The van der Waals surface area contributed by atoms with Gasteiger partial charge in [-0.05, 0) is 6.92 Å². The van der Waals surface area contributed by atoms with Crippen LogP contribution in [0.2, 0.25) is 0 Å². The minimum absolute atomic E-state index is 0.116. The van der Waals surface area contributed by atoms with Crippen LogP contribution in [0.4, 0.5) is 0 Å². The molecule has 1 fully saturated rings. The maximum atomic E-state index is 11.0. The second-order valence-corrected chi connectivity index (χ2v) is 5.23. The van der Waals surface area contributed by atoms with Crippen LogP contribution in [-0.2, 0) is 4.79 Å². The Morgan fingerprint density at radius 3 is 1.35 bits per heavy atom. The molecule has 0 aromatic heterocycles. The molecule has 0 spiro atoms. The molecule has 0 heterocycles. The highest BCUT2D eigenvalue weighted by Gasteiger charge is 2.19. The maximum Gasteiger partial charge on any atom is 0.225 e. The van der Waals surface area contributed by atoms with E-state index in [-0.39, 0.29) is 11.3 Å². The van der Waals surface area contributed by atoms with Crippen LogP contribution < -0.4 is 5.32 Å². The summed E-state index contributed by atoms with van der Waals surface area (Å²) in [6, 6.07) is 0. The summed E-state index contributed by atoms with van der Waals surface area (Å²) in [5.41, 5.74) is -0.240. The van der Waals surface area contributed by atoms with Crippen LogP contribution >= 0.6 is 0 Å². The fourth-order valence-electron chi connectivity index (χ4n) is 1.49. The van der Waals surface area contributed by atoms with Crippen LogP contribution in [0.25, 0.3) is 0 Å². The molecule has 0 radical (unpaired) electrons. The second kappa shape index (κ2) is 11.9. The van der Waals surface area contributed by atoms with Gasteiger partial charge in [-0.3, -0.25) is 4.79 Å². The van der Waals surface area contributed by atoms with Crippen molar-refractivity contribution in [1.82, 2.24) is 5.32 Å². The van der Waals surface area contributed by atoms with Crippen molar-refractivity contribution in [3.63, 3.8) is 0 Å². The van der Waals surface area contributed by atoms with Gasteiger partial charge >= 0.3 is 0 Å². The van der Waals surface area contributed by atoms with Crippen LogP contribution in [0.3, 0.4) is 0 Å². The molecule has 1 aliphatic carbocycles. The standard InChI is InChI=1S/C7H15NO.C6H12.C2H6/c1-5-8-6(9)7(2,3)4;1-2-4-6-5-3-1;1-2/h5H2,1-4H3,(H,8,9);1-6H2;1-2H3. The number of carbonyl (C=O) groups is 1. The Morgan fingerprint density at radius 2 is 1.24 bits per heavy atom. The summed E-state index contributed by atoms with van der Waals surface area (Å²) < 4.78 is 0. The summed E-state index contributed by atoms with van der Waals surface area (Å²) in [6.45, 7) is 12.3. The molecule has 1 aliphatic rings. The normalized spacial score (nSPS) is 14.7. The van der Waals surface area contributed by atoms with E-state index in [9.17, 15) is 4.79 Å². The van der Waals surface area contributed by atoms with Gasteiger partial charge in [0.1, 0.15) is 0 Å². The molecule has 0 aromatic carbocycles. The largest absolute Gasteiger partial charge is 0.356 e. The Kier molecular flexibility index (Phi) is 13.2. The maximum absolute atomic E-state index is 11.0. The van der Waals surface area contributed by atoms with Crippen molar-refractivity contribution in [2.45, 2.75) is 80.1 Å². The highest BCUT2D eigenvalue weighted by atomic mass is 16.2. The quantitative estimate of drug-likeness (QED) is 0.720. The SMILES string of the molecule is C1CCCCC1.CC.CCNC(=O)C(C)(C)C. The first-order chi connectivity index (χ1) is 7.98. The van der Waals surface area contributed by atoms with Crippen LogP contribution in [0, 0.1) is 5.41 Å². The van der Waals surface area contributed by atoms with Crippen molar-refractivity contribution in [3.8, 4) is 0 Å². The number of hydrogen-bond donors (Lipinski definition) is 1. The highest BCUT2D eigenvalue weighted by Crippen LogP contribution is 2.15. The lowest BCUT2D eigenvalue weighted by atomic mass is 9.96. The monoisotopic (exact) mass is 243 g/mol. The van der Waals surface area contributed by atoms with E-state index in [0.29, 0.717) is 0 Å². The van der Waals surface area contributed by atoms with Gasteiger partial charge in [0.15, 0.2) is 0 Å². The predicted octanol–water partition coefficient (Wildman–Crippen LogP) is 4.54. The molecule has 1 rings (SSSR count). The van der Waals surface area contributed by atoms with E-state index in [0.717, 1.165) is 6.54 Å². The zero-order valence-electron chi connectivity index (χ0n) is 12.9. The molecule has 1 saturated carbocycles. The minimum atomic E-state index is -0.240. The molecule has 0 atom stereocenters. The zero-order chi connectivity index (χ0) is 13.7. The molecule has 1 N–H and O–H groups in total. The molecular formula is C15H33NO. The van der Waals surface area contributed by atoms with E-state index < -0.39 is 0 Å². The van der Waals surface area contributed by atoms with Gasteiger partial charge in [-0.1, -0.05) is 73.1 Å². The van der Waals surface area contributed by atoms with Crippen LogP contribution in [0.1, 0.15) is 80.1 Å². The average molecular weight is 243 g/mol. The van der Waals surface area contributed by atoms with Gasteiger partial charge in [-0.15, -0.1) is 0 Å². The van der Waals surface area contributed by atoms with E-state index >= 15 is 0 Å². The number of rotatable bonds is 1. The first-order valence-electron chi connectivity index (χ1n) is 7.26. The third-order valence-electron chi connectivity index (χ3n) is 2.52. The summed E-state index contributed by atoms with van der Waals surface area (Å²) in [7, 11) is 0. The van der Waals surface area contributed by atoms with Crippen LogP contribution in [0.15, 0.2) is 0 Å². The zero-order valence-corrected chi connectivity index (χ0v) is 12.9. The summed E-state index contributed by atoms with van der Waals surface area (Å²) in [4.78, 5) is 11.0. The van der Waals surface area contributed by atoms with Gasteiger partial charge in [0.2, 0.25) is 5.91 Å². The first kappa shape index (κ1) is 18.8. The van der Waals surface area contributed by atoms with E-state index in [2.05, 4.69) is 5.32 Å². The van der Waals surface area contributed by atoms with E-state index in [1.54, 1.807) is 0 Å². The third-order valence-corrected chi connectivity index (χ3v) is 2.52. The number of amides is 1. The van der Waals surface area contributed by atoms with E-state index in [1.165, 1.54) is 38.5 Å². The molecule has 2 nitrogen and oxygen atoms in total. The molecule has 0 saturated heterocycles.